The van der Waals surface area contributed by atoms with Gasteiger partial charge in [0.1, 0.15) is 16.0 Å². The summed E-state index contributed by atoms with van der Waals surface area (Å²) in [5, 5.41) is 10.1. The number of rotatable bonds is 3. The molecule has 2 unspecified atom stereocenters. The molecule has 4 heterocycles. The van der Waals surface area contributed by atoms with Gasteiger partial charge in [-0.2, -0.15) is 0 Å². The fourth-order valence-corrected chi connectivity index (χ4v) is 9.33. The number of fused-ring (bicyclic) bond motifs is 9. The second kappa shape index (κ2) is 7.90. The number of benzene rings is 5. The SMILES string of the molecule is C1=CC2(CC2C2(c3cccc(-n4c5cc6c(cc5c5c7ccccc7sc54)oc4ccccc46)c3)C=C2)Nc2ccccc21. The van der Waals surface area contributed by atoms with Crippen LogP contribution in [0, 0.1) is 5.92 Å². The van der Waals surface area contributed by atoms with Crippen molar-refractivity contribution in [3.05, 3.63) is 139 Å². The smallest absolute Gasteiger partial charge is 0.136 e. The lowest BCUT2D eigenvalue weighted by Crippen LogP contribution is -2.29. The Morgan fingerprint density at radius 1 is 0.727 bits per heavy atom. The first kappa shape index (κ1) is 23.4. The Balaban J connectivity index is 1.10. The molecule has 11 rings (SSSR count). The highest BCUT2D eigenvalue weighted by molar-refractivity contribution is 7.25. The van der Waals surface area contributed by atoms with Crippen LogP contribution in [0.1, 0.15) is 17.5 Å². The number of anilines is 1. The molecule has 1 aliphatic heterocycles. The molecule has 1 N–H and O–H groups in total. The van der Waals surface area contributed by atoms with E-state index in [0.29, 0.717) is 5.92 Å². The molecule has 2 aliphatic carbocycles. The summed E-state index contributed by atoms with van der Waals surface area (Å²) in [6.07, 6.45) is 10.7. The standard InChI is InChI=1S/C40H26N2OS/c1-4-13-31-24(8-1)16-17-40(41-31)23-36(40)39(18-19-39)25-9-7-10-26(20-25)42-32-21-29-27-11-2-5-14-33(27)43-34(29)22-30(32)37-28-12-3-6-15-35(28)44-38(37)42/h1-22,36,41H,23H2. The van der Waals surface area contributed by atoms with Crippen LogP contribution in [0.5, 0.6) is 0 Å². The summed E-state index contributed by atoms with van der Waals surface area (Å²) in [5.41, 5.74) is 8.19. The summed E-state index contributed by atoms with van der Waals surface area (Å²) in [7, 11) is 0. The number of furan rings is 1. The van der Waals surface area contributed by atoms with E-state index in [1.807, 2.05) is 17.4 Å². The molecular weight excluding hydrogens is 557 g/mol. The fraction of sp³-hybridized carbons (Fsp3) is 0.100. The average molecular weight is 583 g/mol. The lowest BCUT2D eigenvalue weighted by Gasteiger charge is -2.27. The molecule has 44 heavy (non-hydrogen) atoms. The molecule has 1 saturated carbocycles. The molecular formula is C40H26N2OS. The zero-order valence-corrected chi connectivity index (χ0v) is 24.6. The van der Waals surface area contributed by atoms with Crippen LogP contribution in [0.4, 0.5) is 5.69 Å². The van der Waals surface area contributed by atoms with Gasteiger partial charge >= 0.3 is 0 Å². The molecule has 0 bridgehead atoms. The van der Waals surface area contributed by atoms with E-state index >= 15 is 0 Å². The van der Waals surface area contributed by atoms with Crippen molar-refractivity contribution in [1.82, 2.24) is 4.57 Å². The minimum absolute atomic E-state index is 0.0146. The van der Waals surface area contributed by atoms with Crippen LogP contribution >= 0.6 is 11.3 Å². The number of hydrogen-bond acceptors (Lipinski definition) is 3. The molecule has 4 heteroatoms. The molecule has 2 atom stereocenters. The maximum absolute atomic E-state index is 6.37. The van der Waals surface area contributed by atoms with Gasteiger partial charge in [0.25, 0.3) is 0 Å². The summed E-state index contributed by atoms with van der Waals surface area (Å²) in [5.74, 6) is 0.498. The highest BCUT2D eigenvalue weighted by Crippen LogP contribution is 2.64. The Bertz CT molecular complexity index is 2590. The maximum atomic E-state index is 6.37. The van der Waals surface area contributed by atoms with Gasteiger partial charge in [-0.3, -0.25) is 0 Å². The minimum Gasteiger partial charge on any atom is -0.456 e. The van der Waals surface area contributed by atoms with Gasteiger partial charge in [0.15, 0.2) is 0 Å². The lowest BCUT2D eigenvalue weighted by molar-refractivity contribution is 0.603. The zero-order valence-electron chi connectivity index (χ0n) is 23.7. The number of nitrogens with zero attached hydrogens (tertiary/aromatic N) is 1. The van der Waals surface area contributed by atoms with E-state index in [0.717, 1.165) is 28.4 Å². The lowest BCUT2D eigenvalue weighted by atomic mass is 9.85. The van der Waals surface area contributed by atoms with Crippen LogP contribution in [0.2, 0.25) is 0 Å². The number of para-hydroxylation sites is 2. The predicted octanol–water partition coefficient (Wildman–Crippen LogP) is 10.6. The first-order chi connectivity index (χ1) is 21.7. The van der Waals surface area contributed by atoms with Crippen molar-refractivity contribution in [2.24, 2.45) is 5.92 Å². The summed E-state index contributed by atoms with van der Waals surface area (Å²) in [6.45, 7) is 0. The van der Waals surface area contributed by atoms with E-state index in [2.05, 4.69) is 137 Å². The Morgan fingerprint density at radius 3 is 2.50 bits per heavy atom. The monoisotopic (exact) mass is 582 g/mol. The largest absolute Gasteiger partial charge is 0.456 e. The molecule has 1 spiro atoms. The van der Waals surface area contributed by atoms with Crippen LogP contribution < -0.4 is 5.32 Å². The van der Waals surface area contributed by atoms with Gasteiger partial charge in [-0.15, -0.1) is 11.3 Å². The van der Waals surface area contributed by atoms with Crippen LogP contribution in [0.25, 0.3) is 64.9 Å². The van der Waals surface area contributed by atoms with Gasteiger partial charge in [0.2, 0.25) is 0 Å². The first-order valence-corrected chi connectivity index (χ1v) is 16.2. The molecule has 8 aromatic rings. The van der Waals surface area contributed by atoms with Crippen LogP contribution in [-0.4, -0.2) is 10.1 Å². The van der Waals surface area contributed by atoms with Gasteiger partial charge in [0.05, 0.1) is 11.1 Å². The summed E-state index contributed by atoms with van der Waals surface area (Å²) < 4.78 is 10.2. The second-order valence-electron chi connectivity index (χ2n) is 12.7. The van der Waals surface area contributed by atoms with Crippen molar-refractivity contribution >= 4 is 76.2 Å². The molecule has 0 amide bonds. The van der Waals surface area contributed by atoms with Crippen molar-refractivity contribution in [2.75, 3.05) is 5.32 Å². The third kappa shape index (κ3) is 2.96. The van der Waals surface area contributed by atoms with Gasteiger partial charge in [-0.1, -0.05) is 91.0 Å². The van der Waals surface area contributed by atoms with E-state index in [4.69, 9.17) is 4.42 Å². The number of hydrogen-bond donors (Lipinski definition) is 1. The van der Waals surface area contributed by atoms with E-state index in [-0.39, 0.29) is 11.0 Å². The second-order valence-corrected chi connectivity index (χ2v) is 13.8. The van der Waals surface area contributed by atoms with Gasteiger partial charge in [0, 0.05) is 54.3 Å². The zero-order chi connectivity index (χ0) is 28.6. The van der Waals surface area contributed by atoms with Crippen LogP contribution in [-0.2, 0) is 5.41 Å². The highest BCUT2D eigenvalue weighted by Gasteiger charge is 2.65. The van der Waals surface area contributed by atoms with E-state index < -0.39 is 0 Å². The van der Waals surface area contributed by atoms with Crippen molar-refractivity contribution in [3.8, 4) is 5.69 Å². The van der Waals surface area contributed by atoms with Crippen molar-refractivity contribution < 1.29 is 4.42 Å². The predicted molar refractivity (Wildman–Crippen MR) is 184 cm³/mol. The minimum atomic E-state index is -0.0180. The van der Waals surface area contributed by atoms with Gasteiger partial charge in [-0.25, -0.2) is 0 Å². The Hall–Kier alpha value is -5.06. The summed E-state index contributed by atoms with van der Waals surface area (Å²) >= 11 is 1.88. The number of allylic oxidation sites excluding steroid dienone is 2. The molecule has 0 radical (unpaired) electrons. The summed E-state index contributed by atoms with van der Waals surface area (Å²) in [4.78, 5) is 1.28. The molecule has 5 aromatic carbocycles. The molecule has 208 valence electrons. The molecule has 1 fully saturated rings. The third-order valence-electron chi connectivity index (χ3n) is 10.4. The number of thiophene rings is 1. The molecule has 0 saturated heterocycles. The third-order valence-corrected chi connectivity index (χ3v) is 11.5. The average Bonchev–Trinajstić information content (AvgIpc) is 3.89. The van der Waals surface area contributed by atoms with Crippen LogP contribution in [0.3, 0.4) is 0 Å². The molecule has 3 nitrogen and oxygen atoms in total. The highest BCUT2D eigenvalue weighted by atomic mass is 32.1. The topological polar surface area (TPSA) is 30.1 Å². The van der Waals surface area contributed by atoms with Crippen molar-refractivity contribution in [1.29, 1.82) is 0 Å². The summed E-state index contributed by atoms with van der Waals surface area (Å²) in [6, 6.07) is 39.7. The molecule has 3 aliphatic rings. The maximum Gasteiger partial charge on any atom is 0.136 e. The first-order valence-electron chi connectivity index (χ1n) is 15.4. The quantitative estimate of drug-likeness (QED) is 0.210. The van der Waals surface area contributed by atoms with Gasteiger partial charge < -0.3 is 14.3 Å². The fourth-order valence-electron chi connectivity index (χ4n) is 8.07. The van der Waals surface area contributed by atoms with E-state index in [1.165, 1.54) is 53.7 Å². The van der Waals surface area contributed by atoms with E-state index in [1.54, 1.807) is 0 Å². The van der Waals surface area contributed by atoms with Crippen LogP contribution in [0.15, 0.2) is 132 Å². The Labute approximate surface area is 257 Å². The van der Waals surface area contributed by atoms with Crippen molar-refractivity contribution in [3.63, 3.8) is 0 Å². The Kier molecular flexibility index (Phi) is 4.20. The number of nitrogens with one attached hydrogen (secondary N) is 1. The van der Waals surface area contributed by atoms with Crippen molar-refractivity contribution in [2.45, 2.75) is 17.4 Å². The van der Waals surface area contributed by atoms with E-state index in [9.17, 15) is 0 Å². The normalized spacial score (nSPS) is 21.1. The van der Waals surface area contributed by atoms with Gasteiger partial charge in [-0.05, 0) is 60.0 Å². The Morgan fingerprint density at radius 2 is 1.57 bits per heavy atom. The number of aromatic nitrogens is 1. The molecule has 3 aromatic heterocycles.